The predicted octanol–water partition coefficient (Wildman–Crippen LogP) is 1.94. The summed E-state index contributed by atoms with van der Waals surface area (Å²) in [5.41, 5.74) is 3.84. The number of aromatic nitrogens is 2. The van der Waals surface area contributed by atoms with Gasteiger partial charge in [0.15, 0.2) is 5.69 Å². The summed E-state index contributed by atoms with van der Waals surface area (Å²) in [5.74, 6) is 0.487. The van der Waals surface area contributed by atoms with Gasteiger partial charge in [0.25, 0.3) is 5.91 Å². The summed E-state index contributed by atoms with van der Waals surface area (Å²) >= 11 is 0. The fourth-order valence-electron chi connectivity index (χ4n) is 3.19. The van der Waals surface area contributed by atoms with Gasteiger partial charge in [-0.3, -0.25) is 9.89 Å². The number of amides is 1. The first-order valence-corrected chi connectivity index (χ1v) is 7.95. The molecule has 1 aromatic heterocycles. The zero-order valence-corrected chi connectivity index (χ0v) is 12.4. The number of hydrogen-bond donors (Lipinski definition) is 3. The van der Waals surface area contributed by atoms with Gasteiger partial charge < -0.3 is 10.6 Å². The van der Waals surface area contributed by atoms with E-state index in [9.17, 15) is 4.79 Å². The van der Waals surface area contributed by atoms with Crippen molar-refractivity contribution in [1.29, 1.82) is 0 Å². The van der Waals surface area contributed by atoms with Gasteiger partial charge >= 0.3 is 0 Å². The lowest BCUT2D eigenvalue weighted by Crippen LogP contribution is -2.32. The number of fused-ring (bicyclic) bond motifs is 1. The minimum Gasteiger partial charge on any atom is -0.344 e. The minimum atomic E-state index is -0.0676. The molecular weight excluding hydrogens is 276 g/mol. The molecule has 3 N–H and O–H groups in total. The van der Waals surface area contributed by atoms with Crippen LogP contribution in [-0.4, -0.2) is 22.6 Å². The molecule has 1 aromatic carbocycles. The molecule has 1 aliphatic carbocycles. The van der Waals surface area contributed by atoms with E-state index in [2.05, 4.69) is 33.0 Å². The van der Waals surface area contributed by atoms with Crippen LogP contribution in [-0.2, 0) is 13.0 Å². The predicted molar refractivity (Wildman–Crippen MR) is 83.4 cm³/mol. The Bertz CT molecular complexity index is 675. The monoisotopic (exact) mass is 296 g/mol. The molecule has 114 valence electrons. The molecule has 0 spiro atoms. The van der Waals surface area contributed by atoms with Crippen molar-refractivity contribution in [3.63, 3.8) is 0 Å². The van der Waals surface area contributed by atoms with Crippen molar-refractivity contribution < 1.29 is 4.79 Å². The number of H-pyrrole nitrogens is 1. The largest absolute Gasteiger partial charge is 0.344 e. The second-order valence-electron chi connectivity index (χ2n) is 6.16. The Morgan fingerprint density at radius 3 is 2.86 bits per heavy atom. The third-order valence-electron chi connectivity index (χ3n) is 4.56. The number of aromatic amines is 1. The zero-order chi connectivity index (χ0) is 14.9. The number of benzene rings is 1. The molecule has 5 heteroatoms. The number of hydrogen-bond acceptors (Lipinski definition) is 3. The molecule has 2 aliphatic rings. The summed E-state index contributed by atoms with van der Waals surface area (Å²) in [5, 5.41) is 13.8. The highest BCUT2D eigenvalue weighted by molar-refractivity contribution is 5.94. The Hall–Kier alpha value is -2.14. The summed E-state index contributed by atoms with van der Waals surface area (Å²) in [6.45, 7) is 1.65. The van der Waals surface area contributed by atoms with E-state index in [0.29, 0.717) is 18.2 Å². The van der Waals surface area contributed by atoms with Gasteiger partial charge in [0, 0.05) is 30.8 Å². The van der Waals surface area contributed by atoms with E-state index < -0.39 is 0 Å². The highest BCUT2D eigenvalue weighted by atomic mass is 16.2. The molecule has 0 radical (unpaired) electrons. The maximum Gasteiger partial charge on any atom is 0.272 e. The molecule has 22 heavy (non-hydrogen) atoms. The van der Waals surface area contributed by atoms with Gasteiger partial charge in [0.2, 0.25) is 0 Å². The lowest BCUT2D eigenvalue weighted by Gasteiger charge is -2.19. The Morgan fingerprint density at radius 2 is 2.09 bits per heavy atom. The van der Waals surface area contributed by atoms with Crippen LogP contribution in [0.3, 0.4) is 0 Å². The van der Waals surface area contributed by atoms with Crippen LogP contribution in [0.1, 0.15) is 46.2 Å². The van der Waals surface area contributed by atoms with Crippen molar-refractivity contribution >= 4 is 5.91 Å². The Labute approximate surface area is 129 Å². The number of carbonyl (C=O) groups is 1. The fourth-order valence-corrected chi connectivity index (χ4v) is 3.19. The topological polar surface area (TPSA) is 69.8 Å². The number of rotatable bonds is 4. The van der Waals surface area contributed by atoms with Crippen molar-refractivity contribution in [1.82, 2.24) is 20.8 Å². The Morgan fingerprint density at radius 1 is 1.27 bits per heavy atom. The van der Waals surface area contributed by atoms with Gasteiger partial charge in [-0.15, -0.1) is 0 Å². The van der Waals surface area contributed by atoms with E-state index in [0.717, 1.165) is 24.2 Å². The first kappa shape index (κ1) is 13.5. The molecule has 0 bridgehead atoms. The SMILES string of the molecule is O=C(NC(c1ccccc1)C1CC1)c1n[nH]c2c1CNCC2. The summed E-state index contributed by atoms with van der Waals surface area (Å²) in [7, 11) is 0. The quantitative estimate of drug-likeness (QED) is 0.807. The summed E-state index contributed by atoms with van der Waals surface area (Å²) in [6, 6.07) is 10.3. The lowest BCUT2D eigenvalue weighted by atomic mass is 10.0. The van der Waals surface area contributed by atoms with Gasteiger partial charge in [0.1, 0.15) is 0 Å². The summed E-state index contributed by atoms with van der Waals surface area (Å²) < 4.78 is 0. The van der Waals surface area contributed by atoms with Crippen LogP contribution in [0.15, 0.2) is 30.3 Å². The van der Waals surface area contributed by atoms with Gasteiger partial charge in [-0.1, -0.05) is 30.3 Å². The maximum atomic E-state index is 12.7. The number of carbonyl (C=O) groups excluding carboxylic acids is 1. The van der Waals surface area contributed by atoms with Crippen LogP contribution in [0.2, 0.25) is 0 Å². The Balaban J connectivity index is 1.56. The van der Waals surface area contributed by atoms with E-state index in [-0.39, 0.29) is 11.9 Å². The van der Waals surface area contributed by atoms with Crippen LogP contribution in [0.25, 0.3) is 0 Å². The Kier molecular flexibility index (Phi) is 3.42. The molecular formula is C17H20N4O. The van der Waals surface area contributed by atoms with Crippen LogP contribution in [0.5, 0.6) is 0 Å². The standard InChI is InChI=1S/C17H20N4O/c22-17(16-13-10-18-9-8-14(13)20-21-16)19-15(12-6-7-12)11-4-2-1-3-5-11/h1-5,12,15,18H,6-10H2,(H,19,22)(H,20,21). The average molecular weight is 296 g/mol. The average Bonchev–Trinajstić information content (AvgIpc) is 3.31. The third-order valence-corrected chi connectivity index (χ3v) is 4.56. The van der Waals surface area contributed by atoms with Gasteiger partial charge in [-0.05, 0) is 24.3 Å². The van der Waals surface area contributed by atoms with E-state index in [1.165, 1.54) is 18.4 Å². The molecule has 2 heterocycles. The molecule has 1 unspecified atom stereocenters. The molecule has 2 aromatic rings. The number of nitrogens with one attached hydrogen (secondary N) is 3. The zero-order valence-electron chi connectivity index (χ0n) is 12.4. The minimum absolute atomic E-state index is 0.0676. The van der Waals surface area contributed by atoms with Gasteiger partial charge in [-0.25, -0.2) is 0 Å². The second-order valence-corrected chi connectivity index (χ2v) is 6.16. The molecule has 1 fully saturated rings. The first-order valence-electron chi connectivity index (χ1n) is 7.95. The smallest absolute Gasteiger partial charge is 0.272 e. The maximum absolute atomic E-state index is 12.7. The van der Waals surface area contributed by atoms with Crippen molar-refractivity contribution in [3.8, 4) is 0 Å². The van der Waals surface area contributed by atoms with Crippen LogP contribution >= 0.6 is 0 Å². The second kappa shape index (κ2) is 5.57. The van der Waals surface area contributed by atoms with E-state index in [1.54, 1.807) is 0 Å². The fraction of sp³-hybridized carbons (Fsp3) is 0.412. The summed E-state index contributed by atoms with van der Waals surface area (Å²) in [6.07, 6.45) is 3.26. The van der Waals surface area contributed by atoms with E-state index in [1.807, 2.05) is 18.2 Å². The van der Waals surface area contributed by atoms with Crippen LogP contribution in [0, 0.1) is 5.92 Å². The van der Waals surface area contributed by atoms with Crippen LogP contribution < -0.4 is 10.6 Å². The summed E-state index contributed by atoms with van der Waals surface area (Å²) in [4.78, 5) is 12.7. The lowest BCUT2D eigenvalue weighted by molar-refractivity contribution is 0.0925. The first-order chi connectivity index (χ1) is 10.8. The van der Waals surface area contributed by atoms with Crippen molar-refractivity contribution in [2.45, 2.75) is 31.8 Å². The van der Waals surface area contributed by atoms with Crippen molar-refractivity contribution in [2.24, 2.45) is 5.92 Å². The van der Waals surface area contributed by atoms with Crippen molar-refractivity contribution in [3.05, 3.63) is 52.8 Å². The normalized spacial score (nSPS) is 18.5. The highest BCUT2D eigenvalue weighted by Crippen LogP contribution is 2.41. The number of nitrogens with zero attached hydrogens (tertiary/aromatic N) is 1. The molecule has 5 nitrogen and oxygen atoms in total. The molecule has 1 aliphatic heterocycles. The molecule has 1 amide bonds. The molecule has 1 saturated carbocycles. The van der Waals surface area contributed by atoms with Crippen molar-refractivity contribution in [2.75, 3.05) is 6.54 Å². The van der Waals surface area contributed by atoms with E-state index >= 15 is 0 Å². The third kappa shape index (κ3) is 2.52. The molecule has 1 atom stereocenters. The highest BCUT2D eigenvalue weighted by Gasteiger charge is 2.34. The van der Waals surface area contributed by atoms with Gasteiger partial charge in [0.05, 0.1) is 6.04 Å². The molecule has 0 saturated heterocycles. The van der Waals surface area contributed by atoms with E-state index in [4.69, 9.17) is 0 Å². The van der Waals surface area contributed by atoms with Crippen LogP contribution in [0.4, 0.5) is 0 Å². The molecule has 4 rings (SSSR count). The van der Waals surface area contributed by atoms with Gasteiger partial charge in [-0.2, -0.15) is 5.10 Å².